The average Bonchev–Trinajstić information content (AvgIpc) is 2.54. The second kappa shape index (κ2) is 8.31. The number of rotatable bonds is 6. The number of oxime groups is 1. The molecule has 2 rings (SSSR count). The highest BCUT2D eigenvalue weighted by atomic mass is 35.5. The lowest BCUT2D eigenvalue weighted by Gasteiger charge is -2.08. The molecule has 0 saturated heterocycles. The van der Waals surface area contributed by atoms with Gasteiger partial charge in [-0.2, -0.15) is 0 Å². The van der Waals surface area contributed by atoms with Gasteiger partial charge in [-0.3, -0.25) is 4.98 Å². The van der Waals surface area contributed by atoms with Gasteiger partial charge < -0.3 is 15.3 Å². The lowest BCUT2D eigenvalue weighted by atomic mass is 10.1. The Balaban J connectivity index is 2.04. The number of hydrogen-bond acceptors (Lipinski definition) is 4. The summed E-state index contributed by atoms with van der Waals surface area (Å²) in [4.78, 5) is 20.3. The summed E-state index contributed by atoms with van der Waals surface area (Å²) in [5.74, 6) is 0. The first-order valence-electron chi connectivity index (χ1n) is 7.30. The minimum absolute atomic E-state index is 0.128. The molecule has 2 aromatic rings. The SMILES string of the molecule is C/C(=N/OCc1cccc(C)n1)c1ccc(Cl)c(CNC(=O)O)c1. The van der Waals surface area contributed by atoms with Crippen LogP contribution in [0.2, 0.25) is 5.02 Å². The molecular formula is C17H18ClN3O3. The van der Waals surface area contributed by atoms with E-state index in [-0.39, 0.29) is 13.2 Å². The Bertz CT molecular complexity index is 762. The largest absolute Gasteiger partial charge is 0.465 e. The van der Waals surface area contributed by atoms with Gasteiger partial charge in [-0.25, -0.2) is 4.79 Å². The van der Waals surface area contributed by atoms with E-state index < -0.39 is 6.09 Å². The third-order valence-electron chi connectivity index (χ3n) is 3.25. The number of carbonyl (C=O) groups is 1. The van der Waals surface area contributed by atoms with Crippen molar-refractivity contribution in [3.63, 3.8) is 0 Å². The molecule has 0 spiro atoms. The molecule has 1 heterocycles. The fourth-order valence-corrected chi connectivity index (χ4v) is 2.22. The van der Waals surface area contributed by atoms with Crippen LogP contribution in [0.15, 0.2) is 41.6 Å². The molecular weight excluding hydrogens is 330 g/mol. The molecule has 0 saturated carbocycles. The molecule has 6 nitrogen and oxygen atoms in total. The van der Waals surface area contributed by atoms with Crippen molar-refractivity contribution < 1.29 is 14.7 Å². The smallest absolute Gasteiger partial charge is 0.404 e. The number of nitrogens with zero attached hydrogens (tertiary/aromatic N) is 2. The zero-order chi connectivity index (χ0) is 17.5. The van der Waals surface area contributed by atoms with E-state index >= 15 is 0 Å². The molecule has 0 aliphatic rings. The summed E-state index contributed by atoms with van der Waals surface area (Å²) in [6.45, 7) is 4.13. The molecule has 0 fully saturated rings. The summed E-state index contributed by atoms with van der Waals surface area (Å²) in [7, 11) is 0. The van der Waals surface area contributed by atoms with Crippen LogP contribution in [0.5, 0.6) is 0 Å². The zero-order valence-corrected chi connectivity index (χ0v) is 14.2. The molecule has 7 heteroatoms. The average molecular weight is 348 g/mol. The normalized spacial score (nSPS) is 11.2. The van der Waals surface area contributed by atoms with E-state index in [1.165, 1.54) is 0 Å². The quantitative estimate of drug-likeness (QED) is 0.615. The third-order valence-corrected chi connectivity index (χ3v) is 3.62. The van der Waals surface area contributed by atoms with Crippen LogP contribution in [0.4, 0.5) is 4.79 Å². The molecule has 0 bridgehead atoms. The van der Waals surface area contributed by atoms with E-state index in [0.29, 0.717) is 16.3 Å². The number of aromatic nitrogens is 1. The summed E-state index contributed by atoms with van der Waals surface area (Å²) < 4.78 is 0. The first kappa shape index (κ1) is 17.7. The maximum Gasteiger partial charge on any atom is 0.404 e. The molecule has 1 aromatic carbocycles. The van der Waals surface area contributed by atoms with Gasteiger partial charge in [-0.15, -0.1) is 0 Å². The van der Waals surface area contributed by atoms with Gasteiger partial charge in [0.05, 0.1) is 11.4 Å². The van der Waals surface area contributed by atoms with Gasteiger partial charge in [0.1, 0.15) is 0 Å². The molecule has 126 valence electrons. The lowest BCUT2D eigenvalue weighted by Crippen LogP contribution is -2.20. The van der Waals surface area contributed by atoms with Gasteiger partial charge >= 0.3 is 6.09 Å². The Morgan fingerprint density at radius 1 is 1.38 bits per heavy atom. The second-order valence-electron chi connectivity index (χ2n) is 5.19. The maximum atomic E-state index is 10.6. The van der Waals surface area contributed by atoms with Crippen LogP contribution in [0.25, 0.3) is 0 Å². The number of halogens is 1. The fourth-order valence-electron chi connectivity index (χ4n) is 2.03. The Labute approximate surface area is 145 Å². The van der Waals surface area contributed by atoms with Gasteiger partial charge in [-0.05, 0) is 49.2 Å². The number of nitrogens with one attached hydrogen (secondary N) is 1. The van der Waals surface area contributed by atoms with Crippen LogP contribution in [0, 0.1) is 6.92 Å². The van der Waals surface area contributed by atoms with Crippen LogP contribution in [-0.2, 0) is 18.0 Å². The number of amides is 1. The van der Waals surface area contributed by atoms with Gasteiger partial charge in [0, 0.05) is 17.3 Å². The zero-order valence-electron chi connectivity index (χ0n) is 13.4. The summed E-state index contributed by atoms with van der Waals surface area (Å²) in [5, 5.41) is 15.5. The number of benzene rings is 1. The number of pyridine rings is 1. The van der Waals surface area contributed by atoms with Crippen molar-refractivity contribution in [2.24, 2.45) is 5.16 Å². The molecule has 0 atom stereocenters. The molecule has 0 unspecified atom stereocenters. The molecule has 24 heavy (non-hydrogen) atoms. The summed E-state index contributed by atoms with van der Waals surface area (Å²) >= 11 is 6.07. The van der Waals surface area contributed by atoms with Crippen molar-refractivity contribution in [2.75, 3.05) is 0 Å². The fraction of sp³-hybridized carbons (Fsp3) is 0.235. The topological polar surface area (TPSA) is 83.8 Å². The van der Waals surface area contributed by atoms with E-state index in [0.717, 1.165) is 17.0 Å². The van der Waals surface area contributed by atoms with Crippen molar-refractivity contribution in [3.8, 4) is 0 Å². The van der Waals surface area contributed by atoms with E-state index in [9.17, 15) is 4.79 Å². The number of aryl methyl sites for hydroxylation is 1. The molecule has 2 N–H and O–H groups in total. The minimum Gasteiger partial charge on any atom is -0.465 e. The van der Waals surface area contributed by atoms with E-state index in [1.807, 2.05) is 25.1 Å². The molecule has 0 aliphatic carbocycles. The maximum absolute atomic E-state index is 10.6. The van der Waals surface area contributed by atoms with Crippen molar-refractivity contribution >= 4 is 23.4 Å². The third kappa shape index (κ3) is 5.24. The number of carboxylic acid groups (broad SMARTS) is 1. The van der Waals surface area contributed by atoms with Crippen LogP contribution < -0.4 is 5.32 Å². The van der Waals surface area contributed by atoms with Gasteiger partial charge in [0.25, 0.3) is 0 Å². The van der Waals surface area contributed by atoms with Crippen LogP contribution >= 0.6 is 11.6 Å². The van der Waals surface area contributed by atoms with Crippen molar-refractivity contribution in [1.82, 2.24) is 10.3 Å². The molecule has 0 aliphatic heterocycles. The van der Waals surface area contributed by atoms with Crippen LogP contribution in [-0.4, -0.2) is 21.9 Å². The summed E-state index contributed by atoms with van der Waals surface area (Å²) in [6.07, 6.45) is -1.10. The highest BCUT2D eigenvalue weighted by Crippen LogP contribution is 2.18. The molecule has 0 radical (unpaired) electrons. The van der Waals surface area contributed by atoms with E-state index in [4.69, 9.17) is 21.5 Å². The lowest BCUT2D eigenvalue weighted by molar-refractivity contribution is 0.127. The number of hydrogen-bond donors (Lipinski definition) is 2. The minimum atomic E-state index is -1.10. The predicted octanol–water partition coefficient (Wildman–Crippen LogP) is 3.75. The Kier molecular flexibility index (Phi) is 6.14. The highest BCUT2D eigenvalue weighted by molar-refractivity contribution is 6.31. The molecule has 1 aromatic heterocycles. The first-order chi connectivity index (χ1) is 11.5. The first-order valence-corrected chi connectivity index (χ1v) is 7.68. The standard InChI is InChI=1S/C17H18ClN3O3/c1-11-4-3-5-15(20-11)10-24-21-12(2)13-6-7-16(18)14(8-13)9-19-17(22)23/h3-8,19H,9-10H2,1-2H3,(H,22,23)/b21-12-. The molecule has 1 amide bonds. The van der Waals surface area contributed by atoms with Gasteiger partial charge in [0.15, 0.2) is 6.61 Å². The van der Waals surface area contributed by atoms with Crippen LogP contribution in [0.1, 0.15) is 29.4 Å². The summed E-state index contributed by atoms with van der Waals surface area (Å²) in [5.41, 5.74) is 3.86. The monoisotopic (exact) mass is 347 g/mol. The van der Waals surface area contributed by atoms with Gasteiger partial charge in [-0.1, -0.05) is 28.9 Å². The Morgan fingerprint density at radius 3 is 2.88 bits per heavy atom. The Hall–Kier alpha value is -2.60. The summed E-state index contributed by atoms with van der Waals surface area (Å²) in [6, 6.07) is 11.0. The van der Waals surface area contributed by atoms with Crippen molar-refractivity contribution in [3.05, 3.63) is 63.9 Å². The van der Waals surface area contributed by atoms with Crippen LogP contribution in [0.3, 0.4) is 0 Å². The highest BCUT2D eigenvalue weighted by Gasteiger charge is 2.06. The van der Waals surface area contributed by atoms with Gasteiger partial charge in [0.2, 0.25) is 0 Å². The second-order valence-corrected chi connectivity index (χ2v) is 5.59. The predicted molar refractivity (Wildman–Crippen MR) is 92.3 cm³/mol. The van der Waals surface area contributed by atoms with Crippen molar-refractivity contribution in [2.45, 2.75) is 27.0 Å². The van der Waals surface area contributed by atoms with E-state index in [2.05, 4.69) is 15.5 Å². The Morgan fingerprint density at radius 2 is 2.17 bits per heavy atom. The van der Waals surface area contributed by atoms with E-state index in [1.54, 1.807) is 25.1 Å². The van der Waals surface area contributed by atoms with Crippen molar-refractivity contribution in [1.29, 1.82) is 0 Å².